The monoisotopic (exact) mass is 552 g/mol. The maximum atomic E-state index is 12.4. The number of ether oxygens (including phenoxy) is 1. The van der Waals surface area contributed by atoms with Crippen molar-refractivity contribution < 1.29 is 14.3 Å². The van der Waals surface area contributed by atoms with Gasteiger partial charge in [-0.25, -0.2) is 14.8 Å². The number of allylic oxidation sites excluding steroid dienone is 1. The van der Waals surface area contributed by atoms with Gasteiger partial charge in [0.05, 0.1) is 40.6 Å². The smallest absolute Gasteiger partial charge is 0.410 e. The number of nitrogens with two attached hydrogens (primary N) is 1. The van der Waals surface area contributed by atoms with Crippen molar-refractivity contribution >= 4 is 40.5 Å². The van der Waals surface area contributed by atoms with E-state index in [-0.39, 0.29) is 41.8 Å². The first-order valence-corrected chi connectivity index (χ1v) is 13.8. The Hall–Kier alpha value is -3.60. The van der Waals surface area contributed by atoms with Gasteiger partial charge in [0, 0.05) is 25.3 Å². The van der Waals surface area contributed by atoms with Crippen LogP contribution in [0.5, 0.6) is 0 Å². The van der Waals surface area contributed by atoms with E-state index >= 15 is 0 Å². The molecule has 0 aromatic carbocycles. The van der Waals surface area contributed by atoms with Crippen LogP contribution in [-0.2, 0) is 9.53 Å². The van der Waals surface area contributed by atoms with Crippen LogP contribution in [0.4, 0.5) is 10.5 Å². The van der Waals surface area contributed by atoms with Crippen molar-refractivity contribution in [2.24, 2.45) is 23.5 Å². The SMILES string of the molecule is CC(C)(C)OC(=O)N1CCC(n2cc(-c3nc4ncc(Cl)c(N[C@H]5[C@@H](C(N)=O)[C@@H]6C=C[C@H]5C6)c4[nH]3)cn2)CC1. The van der Waals surface area contributed by atoms with E-state index < -0.39 is 5.60 Å². The lowest BCUT2D eigenvalue weighted by atomic mass is 9.88. The van der Waals surface area contributed by atoms with Gasteiger partial charge in [-0.1, -0.05) is 23.8 Å². The fourth-order valence-electron chi connectivity index (χ4n) is 6.08. The standard InChI is InChI=1S/C27H33ClN8O3/c1-27(2,3)39-26(38)35-8-6-17(7-9-35)36-13-16(11-31-36)24-33-22-21(18(28)12-30-25(22)34-24)32-20-15-5-4-14(10-15)19(20)23(29)37/h4-5,11-15,17,19-20H,6-10H2,1-3H3,(H2,29,37)(H2,30,32,33,34)/t14-,15+,19+,20-/m1/s1. The van der Waals surface area contributed by atoms with Crippen LogP contribution < -0.4 is 11.1 Å². The highest BCUT2D eigenvalue weighted by atomic mass is 35.5. The molecule has 2 fully saturated rings. The summed E-state index contributed by atoms with van der Waals surface area (Å²) in [4.78, 5) is 38.8. The highest BCUT2D eigenvalue weighted by Gasteiger charge is 2.47. The lowest BCUT2D eigenvalue weighted by Crippen LogP contribution is -2.42. The third kappa shape index (κ3) is 4.84. The number of aromatic amines is 1. The molecule has 3 aromatic rings. The Labute approximate surface area is 231 Å². The molecule has 0 radical (unpaired) electrons. The Morgan fingerprint density at radius 1 is 1.18 bits per heavy atom. The zero-order valence-corrected chi connectivity index (χ0v) is 23.0. The molecule has 2 aliphatic carbocycles. The Morgan fingerprint density at radius 2 is 1.92 bits per heavy atom. The molecule has 3 aromatic heterocycles. The van der Waals surface area contributed by atoms with Crippen molar-refractivity contribution in [3.8, 4) is 11.4 Å². The number of fused-ring (bicyclic) bond motifs is 3. The molecule has 4 atom stereocenters. The molecule has 0 spiro atoms. The van der Waals surface area contributed by atoms with E-state index in [0.29, 0.717) is 40.8 Å². The number of aromatic nitrogens is 5. The molecule has 4 heterocycles. The number of carbonyl (C=O) groups excluding carboxylic acids is 2. The molecular formula is C27H33ClN8O3. The third-order valence-electron chi connectivity index (χ3n) is 7.94. The molecular weight excluding hydrogens is 520 g/mol. The predicted molar refractivity (Wildman–Crippen MR) is 147 cm³/mol. The number of hydrogen-bond acceptors (Lipinski definition) is 7. The van der Waals surface area contributed by atoms with E-state index in [1.807, 2.05) is 31.6 Å². The molecule has 1 aliphatic heterocycles. The quantitative estimate of drug-likeness (QED) is 0.403. The van der Waals surface area contributed by atoms with Crippen molar-refractivity contribution in [2.45, 2.75) is 57.7 Å². The minimum atomic E-state index is -0.511. The van der Waals surface area contributed by atoms with Crippen LogP contribution >= 0.6 is 11.6 Å². The van der Waals surface area contributed by atoms with Crippen LogP contribution in [0.1, 0.15) is 46.1 Å². The first-order valence-electron chi connectivity index (χ1n) is 13.4. The number of piperidine rings is 1. The van der Waals surface area contributed by atoms with Gasteiger partial charge in [-0.2, -0.15) is 5.10 Å². The number of halogens is 1. The second-order valence-corrected chi connectivity index (χ2v) is 12.1. The summed E-state index contributed by atoms with van der Waals surface area (Å²) in [6.45, 7) is 6.84. The van der Waals surface area contributed by atoms with Gasteiger partial charge < -0.3 is 25.7 Å². The predicted octanol–water partition coefficient (Wildman–Crippen LogP) is 4.13. The summed E-state index contributed by atoms with van der Waals surface area (Å²) in [5.41, 5.74) is 7.92. The molecule has 4 N–H and O–H groups in total. The van der Waals surface area contributed by atoms with Crippen molar-refractivity contribution in [1.82, 2.24) is 29.6 Å². The molecule has 12 heteroatoms. The number of rotatable bonds is 5. The van der Waals surface area contributed by atoms with Gasteiger partial charge in [-0.05, 0) is 51.9 Å². The molecule has 0 unspecified atom stereocenters. The van der Waals surface area contributed by atoms with Crippen LogP contribution in [0.25, 0.3) is 22.6 Å². The topological polar surface area (TPSA) is 144 Å². The molecule has 2 amide bonds. The summed E-state index contributed by atoms with van der Waals surface area (Å²) in [7, 11) is 0. The van der Waals surface area contributed by atoms with Crippen LogP contribution in [-0.4, -0.2) is 66.4 Å². The van der Waals surface area contributed by atoms with Gasteiger partial charge in [-0.3, -0.25) is 9.48 Å². The van der Waals surface area contributed by atoms with Crippen molar-refractivity contribution in [3.63, 3.8) is 0 Å². The fourth-order valence-corrected chi connectivity index (χ4v) is 6.28. The fraction of sp³-hybridized carbons (Fsp3) is 0.519. The lowest BCUT2D eigenvalue weighted by molar-refractivity contribution is -0.122. The number of hydrogen-bond donors (Lipinski definition) is 3. The van der Waals surface area contributed by atoms with Crippen molar-refractivity contribution in [3.05, 3.63) is 35.8 Å². The molecule has 39 heavy (non-hydrogen) atoms. The summed E-state index contributed by atoms with van der Waals surface area (Å²) in [5, 5.41) is 8.54. The zero-order chi connectivity index (χ0) is 27.5. The molecule has 6 rings (SSSR count). The Kier molecular flexibility index (Phi) is 6.28. The molecule has 1 saturated carbocycles. The third-order valence-corrected chi connectivity index (χ3v) is 8.22. The average molecular weight is 553 g/mol. The molecule has 2 bridgehead atoms. The second kappa shape index (κ2) is 9.55. The molecule has 3 aliphatic rings. The molecule has 1 saturated heterocycles. The first kappa shape index (κ1) is 25.7. The van der Waals surface area contributed by atoms with E-state index in [0.717, 1.165) is 24.8 Å². The van der Waals surface area contributed by atoms with E-state index in [4.69, 9.17) is 27.1 Å². The number of anilines is 1. The van der Waals surface area contributed by atoms with Gasteiger partial charge >= 0.3 is 6.09 Å². The van der Waals surface area contributed by atoms with Crippen LogP contribution in [0.2, 0.25) is 5.02 Å². The summed E-state index contributed by atoms with van der Waals surface area (Å²) >= 11 is 6.58. The zero-order valence-electron chi connectivity index (χ0n) is 22.2. The normalized spacial score (nSPS) is 25.0. The van der Waals surface area contributed by atoms with E-state index in [2.05, 4.69) is 32.5 Å². The van der Waals surface area contributed by atoms with E-state index in [9.17, 15) is 9.59 Å². The van der Waals surface area contributed by atoms with Gasteiger partial charge in [0.1, 0.15) is 16.9 Å². The van der Waals surface area contributed by atoms with Gasteiger partial charge in [0.25, 0.3) is 0 Å². The highest BCUT2D eigenvalue weighted by Crippen LogP contribution is 2.46. The number of primary amides is 1. The summed E-state index contributed by atoms with van der Waals surface area (Å²) in [6, 6.07) is 0.0323. The highest BCUT2D eigenvalue weighted by molar-refractivity contribution is 6.34. The van der Waals surface area contributed by atoms with Gasteiger partial charge in [-0.15, -0.1) is 0 Å². The van der Waals surface area contributed by atoms with Crippen molar-refractivity contribution in [2.75, 3.05) is 18.4 Å². The van der Waals surface area contributed by atoms with Gasteiger partial charge in [0.15, 0.2) is 5.65 Å². The number of amides is 2. The van der Waals surface area contributed by atoms with E-state index in [1.165, 1.54) is 0 Å². The molecule has 206 valence electrons. The van der Waals surface area contributed by atoms with Crippen molar-refractivity contribution in [1.29, 1.82) is 0 Å². The number of pyridine rings is 1. The van der Waals surface area contributed by atoms with Crippen LogP contribution in [0, 0.1) is 17.8 Å². The largest absolute Gasteiger partial charge is 0.444 e. The average Bonchev–Trinajstić information content (AvgIpc) is 3.67. The Bertz CT molecular complexity index is 1450. The summed E-state index contributed by atoms with van der Waals surface area (Å²) < 4.78 is 7.44. The molecule has 11 nitrogen and oxygen atoms in total. The maximum Gasteiger partial charge on any atom is 0.410 e. The Morgan fingerprint density at radius 3 is 2.64 bits per heavy atom. The van der Waals surface area contributed by atoms with E-state index in [1.54, 1.807) is 17.3 Å². The number of H-pyrrole nitrogens is 1. The Balaban J connectivity index is 1.19. The van der Waals surface area contributed by atoms with Gasteiger partial charge in [0.2, 0.25) is 5.91 Å². The number of likely N-dealkylation sites (tertiary alicyclic amines) is 1. The summed E-state index contributed by atoms with van der Waals surface area (Å²) in [6.07, 6.45) is 11.7. The maximum absolute atomic E-state index is 12.4. The minimum absolute atomic E-state index is 0.137. The van der Waals surface area contributed by atoms with Crippen LogP contribution in [0.15, 0.2) is 30.7 Å². The second-order valence-electron chi connectivity index (χ2n) is 11.7. The number of imidazole rings is 1. The minimum Gasteiger partial charge on any atom is -0.444 e. The summed E-state index contributed by atoms with van der Waals surface area (Å²) in [5.74, 6) is 0.399. The number of nitrogens with one attached hydrogen (secondary N) is 2. The first-order chi connectivity index (χ1) is 18.6. The number of nitrogens with zero attached hydrogens (tertiary/aromatic N) is 5. The lowest BCUT2D eigenvalue weighted by Gasteiger charge is -2.33. The number of carbonyl (C=O) groups is 2. The van der Waals surface area contributed by atoms with Crippen LogP contribution in [0.3, 0.4) is 0 Å².